The minimum atomic E-state index is 0.00939. The van der Waals surface area contributed by atoms with Crippen molar-refractivity contribution in [3.63, 3.8) is 0 Å². The molecule has 1 aliphatic carbocycles. The van der Waals surface area contributed by atoms with E-state index in [0.717, 1.165) is 12.5 Å². The summed E-state index contributed by atoms with van der Waals surface area (Å²) in [5.74, 6) is 1.57. The molecule has 1 rings (SSSR count). The van der Waals surface area contributed by atoms with Crippen molar-refractivity contribution in [1.82, 2.24) is 10.6 Å². The van der Waals surface area contributed by atoms with Crippen molar-refractivity contribution < 1.29 is 4.79 Å². The average molecular weight is 240 g/mol. The molecule has 0 aromatic rings. The Balaban J connectivity index is 2.19. The molecule has 0 aromatic carbocycles. The number of hydrogen-bond donors (Lipinski definition) is 2. The standard InChI is InChI=1S/C14H28N2O/c1-11-7-5-6-8-12(11)9-15-13(17)10-16-14(2,3)4/h11-12,16H,5-10H2,1-4H3,(H,15,17). The summed E-state index contributed by atoms with van der Waals surface area (Å²) in [6, 6.07) is 0. The topological polar surface area (TPSA) is 41.1 Å². The van der Waals surface area contributed by atoms with Gasteiger partial charge in [-0.3, -0.25) is 4.79 Å². The van der Waals surface area contributed by atoms with Crippen molar-refractivity contribution >= 4 is 5.91 Å². The Morgan fingerprint density at radius 3 is 2.47 bits per heavy atom. The Hall–Kier alpha value is -0.570. The van der Waals surface area contributed by atoms with Crippen molar-refractivity contribution in [2.45, 2.75) is 58.9 Å². The van der Waals surface area contributed by atoms with E-state index in [1.165, 1.54) is 25.7 Å². The number of nitrogens with one attached hydrogen (secondary N) is 2. The zero-order valence-electron chi connectivity index (χ0n) is 11.8. The zero-order valence-corrected chi connectivity index (χ0v) is 11.8. The number of carbonyl (C=O) groups excluding carboxylic acids is 1. The Kier molecular flexibility index (Phi) is 5.44. The lowest BCUT2D eigenvalue weighted by molar-refractivity contribution is -0.120. The Labute approximate surface area is 106 Å². The van der Waals surface area contributed by atoms with Crippen LogP contribution in [0.15, 0.2) is 0 Å². The first-order valence-corrected chi connectivity index (χ1v) is 6.90. The monoisotopic (exact) mass is 240 g/mol. The molecular formula is C14H28N2O. The molecule has 1 aliphatic rings. The summed E-state index contributed by atoms with van der Waals surface area (Å²) >= 11 is 0. The molecule has 0 aliphatic heterocycles. The predicted octanol–water partition coefficient (Wildman–Crippen LogP) is 2.32. The van der Waals surface area contributed by atoms with Gasteiger partial charge in [0, 0.05) is 12.1 Å². The molecule has 0 heterocycles. The fourth-order valence-electron chi connectivity index (χ4n) is 2.35. The summed E-state index contributed by atoms with van der Waals surface area (Å²) in [7, 11) is 0. The van der Waals surface area contributed by atoms with Crippen LogP contribution in [0.5, 0.6) is 0 Å². The molecule has 2 N–H and O–H groups in total. The maximum Gasteiger partial charge on any atom is 0.233 e. The molecule has 0 radical (unpaired) electrons. The highest BCUT2D eigenvalue weighted by Crippen LogP contribution is 2.28. The number of carbonyl (C=O) groups is 1. The fourth-order valence-corrected chi connectivity index (χ4v) is 2.35. The number of amides is 1. The van der Waals surface area contributed by atoms with E-state index in [9.17, 15) is 4.79 Å². The minimum Gasteiger partial charge on any atom is -0.355 e. The molecule has 1 saturated carbocycles. The third kappa shape index (κ3) is 6.06. The van der Waals surface area contributed by atoms with Crippen LogP contribution in [-0.2, 0) is 4.79 Å². The lowest BCUT2D eigenvalue weighted by Gasteiger charge is -2.29. The third-order valence-electron chi connectivity index (χ3n) is 3.63. The third-order valence-corrected chi connectivity index (χ3v) is 3.63. The van der Waals surface area contributed by atoms with Crippen LogP contribution in [0.1, 0.15) is 53.4 Å². The van der Waals surface area contributed by atoms with Gasteiger partial charge in [-0.2, -0.15) is 0 Å². The summed E-state index contributed by atoms with van der Waals surface area (Å²) in [5, 5.41) is 6.26. The molecule has 2 unspecified atom stereocenters. The van der Waals surface area contributed by atoms with E-state index in [4.69, 9.17) is 0 Å². The summed E-state index contributed by atoms with van der Waals surface area (Å²) in [5.41, 5.74) is 0.00939. The van der Waals surface area contributed by atoms with Crippen LogP contribution in [-0.4, -0.2) is 24.5 Å². The minimum absolute atomic E-state index is 0.00939. The van der Waals surface area contributed by atoms with Gasteiger partial charge in [0.05, 0.1) is 6.54 Å². The van der Waals surface area contributed by atoms with Gasteiger partial charge in [-0.25, -0.2) is 0 Å². The van der Waals surface area contributed by atoms with Crippen molar-refractivity contribution in [3.05, 3.63) is 0 Å². The molecule has 3 heteroatoms. The van der Waals surface area contributed by atoms with Crippen molar-refractivity contribution in [2.75, 3.05) is 13.1 Å². The number of rotatable bonds is 4. The van der Waals surface area contributed by atoms with Gasteiger partial charge in [-0.05, 0) is 39.0 Å². The van der Waals surface area contributed by atoms with E-state index in [1.807, 2.05) is 0 Å². The summed E-state index contributed by atoms with van der Waals surface area (Å²) in [4.78, 5) is 11.7. The first-order valence-electron chi connectivity index (χ1n) is 6.90. The highest BCUT2D eigenvalue weighted by molar-refractivity contribution is 5.78. The van der Waals surface area contributed by atoms with Crippen LogP contribution in [0.25, 0.3) is 0 Å². The summed E-state index contributed by atoms with van der Waals surface area (Å²) < 4.78 is 0. The molecule has 1 amide bonds. The lowest BCUT2D eigenvalue weighted by Crippen LogP contribution is -2.44. The smallest absolute Gasteiger partial charge is 0.233 e. The second-order valence-corrected chi connectivity index (χ2v) is 6.43. The average Bonchev–Trinajstić information content (AvgIpc) is 2.24. The largest absolute Gasteiger partial charge is 0.355 e. The van der Waals surface area contributed by atoms with E-state index >= 15 is 0 Å². The van der Waals surface area contributed by atoms with E-state index in [2.05, 4.69) is 38.3 Å². The Morgan fingerprint density at radius 2 is 1.88 bits per heavy atom. The van der Waals surface area contributed by atoms with Crippen LogP contribution >= 0.6 is 0 Å². The highest BCUT2D eigenvalue weighted by atomic mass is 16.1. The Bertz CT molecular complexity index is 245. The van der Waals surface area contributed by atoms with Gasteiger partial charge in [0.25, 0.3) is 0 Å². The molecular weight excluding hydrogens is 212 g/mol. The Morgan fingerprint density at radius 1 is 1.24 bits per heavy atom. The SMILES string of the molecule is CC1CCCCC1CNC(=O)CNC(C)(C)C. The molecule has 1 fully saturated rings. The van der Waals surface area contributed by atoms with E-state index in [1.54, 1.807) is 0 Å². The molecule has 0 bridgehead atoms. The maximum absolute atomic E-state index is 11.7. The molecule has 3 nitrogen and oxygen atoms in total. The maximum atomic E-state index is 11.7. The quantitative estimate of drug-likeness (QED) is 0.792. The van der Waals surface area contributed by atoms with Crippen molar-refractivity contribution in [2.24, 2.45) is 11.8 Å². The second-order valence-electron chi connectivity index (χ2n) is 6.43. The molecule has 0 spiro atoms. The summed E-state index contributed by atoms with van der Waals surface area (Å²) in [6.07, 6.45) is 5.28. The van der Waals surface area contributed by atoms with Crippen molar-refractivity contribution in [1.29, 1.82) is 0 Å². The molecule has 0 aromatic heterocycles. The van der Waals surface area contributed by atoms with Gasteiger partial charge in [0.2, 0.25) is 5.91 Å². The van der Waals surface area contributed by atoms with Crippen molar-refractivity contribution in [3.8, 4) is 0 Å². The molecule has 17 heavy (non-hydrogen) atoms. The van der Waals surface area contributed by atoms with Gasteiger partial charge in [-0.15, -0.1) is 0 Å². The first kappa shape index (κ1) is 14.5. The molecule has 2 atom stereocenters. The fraction of sp³-hybridized carbons (Fsp3) is 0.929. The van der Waals surface area contributed by atoms with E-state index in [0.29, 0.717) is 12.5 Å². The van der Waals surface area contributed by atoms with Gasteiger partial charge in [0.1, 0.15) is 0 Å². The summed E-state index contributed by atoms with van der Waals surface area (Å²) in [6.45, 7) is 9.80. The van der Waals surface area contributed by atoms with Gasteiger partial charge in [-0.1, -0.05) is 26.2 Å². The second kappa shape index (κ2) is 6.39. The molecule has 100 valence electrons. The van der Waals surface area contributed by atoms with Gasteiger partial charge >= 0.3 is 0 Å². The zero-order chi connectivity index (χ0) is 12.9. The van der Waals surface area contributed by atoms with Crippen LogP contribution in [0.4, 0.5) is 0 Å². The van der Waals surface area contributed by atoms with Gasteiger partial charge < -0.3 is 10.6 Å². The van der Waals surface area contributed by atoms with E-state index < -0.39 is 0 Å². The predicted molar refractivity (Wildman–Crippen MR) is 71.9 cm³/mol. The van der Waals surface area contributed by atoms with E-state index in [-0.39, 0.29) is 11.4 Å². The van der Waals surface area contributed by atoms with Crippen LogP contribution < -0.4 is 10.6 Å². The molecule has 0 saturated heterocycles. The van der Waals surface area contributed by atoms with Crippen LogP contribution in [0.2, 0.25) is 0 Å². The first-order chi connectivity index (χ1) is 7.88. The van der Waals surface area contributed by atoms with Crippen LogP contribution in [0, 0.1) is 11.8 Å². The number of hydrogen-bond acceptors (Lipinski definition) is 2. The normalized spacial score (nSPS) is 25.6. The van der Waals surface area contributed by atoms with Crippen LogP contribution in [0.3, 0.4) is 0 Å². The highest BCUT2D eigenvalue weighted by Gasteiger charge is 2.21. The lowest BCUT2D eigenvalue weighted by atomic mass is 9.80. The van der Waals surface area contributed by atoms with Gasteiger partial charge in [0.15, 0.2) is 0 Å².